The van der Waals surface area contributed by atoms with Gasteiger partial charge in [-0.25, -0.2) is 13.2 Å². The molecule has 0 atom stereocenters. The number of anilines is 1. The third-order valence-electron chi connectivity index (χ3n) is 2.63. The SMILES string of the molecule is CC(C)(C)OC(=O)N(CCS(C)(=O)=O)c1ccc(CN)nc1. The van der Waals surface area contributed by atoms with Gasteiger partial charge < -0.3 is 10.5 Å². The van der Waals surface area contributed by atoms with Crippen LogP contribution >= 0.6 is 0 Å². The van der Waals surface area contributed by atoms with Gasteiger partial charge in [0.25, 0.3) is 0 Å². The summed E-state index contributed by atoms with van der Waals surface area (Å²) in [7, 11) is -3.21. The third-order valence-corrected chi connectivity index (χ3v) is 3.55. The van der Waals surface area contributed by atoms with Crippen LogP contribution < -0.4 is 10.6 Å². The van der Waals surface area contributed by atoms with Crippen LogP contribution in [0, 0.1) is 0 Å². The minimum atomic E-state index is -3.21. The molecule has 0 aliphatic carbocycles. The highest BCUT2D eigenvalue weighted by Crippen LogP contribution is 2.18. The average molecular weight is 329 g/mol. The molecule has 0 radical (unpaired) electrons. The first-order valence-corrected chi connectivity index (χ1v) is 8.91. The van der Waals surface area contributed by atoms with Crippen molar-refractivity contribution in [1.29, 1.82) is 0 Å². The second kappa shape index (κ2) is 7.06. The van der Waals surface area contributed by atoms with Crippen LogP contribution in [0.4, 0.5) is 10.5 Å². The number of hydrogen-bond acceptors (Lipinski definition) is 6. The van der Waals surface area contributed by atoms with Gasteiger partial charge in [-0.15, -0.1) is 0 Å². The number of carbonyl (C=O) groups is 1. The van der Waals surface area contributed by atoms with Crippen molar-refractivity contribution in [3.63, 3.8) is 0 Å². The van der Waals surface area contributed by atoms with Crippen LogP contribution in [0.25, 0.3) is 0 Å². The fourth-order valence-corrected chi connectivity index (χ4v) is 2.11. The summed E-state index contributed by atoms with van der Waals surface area (Å²) in [5, 5.41) is 0. The van der Waals surface area contributed by atoms with E-state index in [4.69, 9.17) is 10.5 Å². The Kier molecular flexibility index (Phi) is 5.90. The summed E-state index contributed by atoms with van der Waals surface area (Å²) < 4.78 is 28.0. The lowest BCUT2D eigenvalue weighted by molar-refractivity contribution is 0.0582. The van der Waals surface area contributed by atoms with Crippen molar-refractivity contribution in [1.82, 2.24) is 4.98 Å². The number of rotatable bonds is 5. The zero-order chi connectivity index (χ0) is 17.0. The molecule has 1 aromatic rings. The maximum atomic E-state index is 12.3. The van der Waals surface area contributed by atoms with Gasteiger partial charge >= 0.3 is 6.09 Å². The van der Waals surface area contributed by atoms with E-state index in [-0.39, 0.29) is 18.8 Å². The Morgan fingerprint density at radius 3 is 2.41 bits per heavy atom. The first kappa shape index (κ1) is 18.4. The van der Waals surface area contributed by atoms with E-state index in [1.165, 1.54) is 11.1 Å². The molecular formula is C14H23N3O4S. The summed E-state index contributed by atoms with van der Waals surface area (Å²) >= 11 is 0. The summed E-state index contributed by atoms with van der Waals surface area (Å²) in [6, 6.07) is 3.36. The van der Waals surface area contributed by atoms with Crippen molar-refractivity contribution >= 4 is 21.6 Å². The van der Waals surface area contributed by atoms with Gasteiger partial charge in [0.1, 0.15) is 15.4 Å². The van der Waals surface area contributed by atoms with E-state index in [1.807, 2.05) is 0 Å². The topological polar surface area (TPSA) is 103 Å². The number of sulfone groups is 1. The molecule has 2 N–H and O–H groups in total. The second-order valence-electron chi connectivity index (χ2n) is 5.97. The van der Waals surface area contributed by atoms with Gasteiger partial charge in [-0.05, 0) is 32.9 Å². The van der Waals surface area contributed by atoms with E-state index >= 15 is 0 Å². The standard InChI is InChI=1S/C14H23N3O4S/c1-14(2,3)21-13(18)17(7-8-22(4,19)20)12-6-5-11(9-15)16-10-12/h5-6,10H,7-9,15H2,1-4H3. The molecule has 0 aliphatic rings. The van der Waals surface area contributed by atoms with Crippen LogP contribution in [0.1, 0.15) is 26.5 Å². The number of amides is 1. The normalized spacial score (nSPS) is 12.0. The van der Waals surface area contributed by atoms with Crippen molar-refractivity contribution in [2.45, 2.75) is 32.9 Å². The third kappa shape index (κ3) is 6.40. The molecule has 0 spiro atoms. The largest absolute Gasteiger partial charge is 0.443 e. The Morgan fingerprint density at radius 1 is 1.36 bits per heavy atom. The predicted octanol–water partition coefficient (Wildman–Crippen LogP) is 1.33. The number of nitrogens with two attached hydrogens (primary N) is 1. The number of hydrogen-bond donors (Lipinski definition) is 1. The number of ether oxygens (including phenoxy) is 1. The maximum Gasteiger partial charge on any atom is 0.414 e. The molecule has 0 aliphatic heterocycles. The van der Waals surface area contributed by atoms with Crippen LogP contribution in [0.2, 0.25) is 0 Å². The molecule has 1 rings (SSSR count). The van der Waals surface area contributed by atoms with Crippen molar-refractivity contribution < 1.29 is 17.9 Å². The molecule has 0 bridgehead atoms. The Bertz CT molecular complexity index is 606. The van der Waals surface area contributed by atoms with Crippen LogP contribution in [-0.2, 0) is 21.1 Å². The van der Waals surface area contributed by atoms with Crippen molar-refractivity contribution in [2.24, 2.45) is 5.73 Å². The second-order valence-corrected chi connectivity index (χ2v) is 8.23. The fraction of sp³-hybridized carbons (Fsp3) is 0.571. The monoisotopic (exact) mass is 329 g/mol. The van der Waals surface area contributed by atoms with Crippen molar-refractivity contribution in [3.05, 3.63) is 24.0 Å². The van der Waals surface area contributed by atoms with E-state index in [9.17, 15) is 13.2 Å². The smallest absolute Gasteiger partial charge is 0.414 e. The molecule has 0 fully saturated rings. The van der Waals surface area contributed by atoms with E-state index in [0.29, 0.717) is 11.4 Å². The first-order chi connectivity index (χ1) is 10.0. The van der Waals surface area contributed by atoms with E-state index in [1.54, 1.807) is 32.9 Å². The average Bonchev–Trinajstić information content (AvgIpc) is 2.36. The van der Waals surface area contributed by atoms with Crippen LogP contribution in [0.3, 0.4) is 0 Å². The number of aromatic nitrogens is 1. The molecule has 1 aromatic heterocycles. The highest BCUT2D eigenvalue weighted by Gasteiger charge is 2.24. The number of nitrogens with zero attached hydrogens (tertiary/aromatic N) is 2. The molecule has 124 valence electrons. The summed E-state index contributed by atoms with van der Waals surface area (Å²) in [5.41, 5.74) is 5.96. The van der Waals surface area contributed by atoms with Gasteiger partial charge in [-0.2, -0.15) is 0 Å². The van der Waals surface area contributed by atoms with Gasteiger partial charge in [-0.1, -0.05) is 0 Å². The van der Waals surface area contributed by atoms with Crippen LogP contribution in [0.15, 0.2) is 18.3 Å². The maximum absolute atomic E-state index is 12.3. The van der Waals surface area contributed by atoms with Gasteiger partial charge in [0.15, 0.2) is 0 Å². The van der Waals surface area contributed by atoms with E-state index < -0.39 is 21.5 Å². The summed E-state index contributed by atoms with van der Waals surface area (Å²) in [6.45, 7) is 5.52. The molecule has 1 heterocycles. The highest BCUT2D eigenvalue weighted by atomic mass is 32.2. The van der Waals surface area contributed by atoms with Gasteiger partial charge in [0.2, 0.25) is 0 Å². The predicted molar refractivity (Wildman–Crippen MR) is 85.4 cm³/mol. The number of pyridine rings is 1. The lowest BCUT2D eigenvalue weighted by Gasteiger charge is -2.27. The Morgan fingerprint density at radius 2 is 2.00 bits per heavy atom. The molecule has 1 amide bonds. The van der Waals surface area contributed by atoms with Gasteiger partial charge in [0.05, 0.1) is 23.3 Å². The van der Waals surface area contributed by atoms with E-state index in [2.05, 4.69) is 4.98 Å². The van der Waals surface area contributed by atoms with Gasteiger partial charge in [0, 0.05) is 19.3 Å². The number of carbonyl (C=O) groups excluding carboxylic acids is 1. The van der Waals surface area contributed by atoms with Crippen LogP contribution in [0.5, 0.6) is 0 Å². The van der Waals surface area contributed by atoms with E-state index in [0.717, 1.165) is 6.26 Å². The first-order valence-electron chi connectivity index (χ1n) is 6.85. The molecule has 22 heavy (non-hydrogen) atoms. The molecular weight excluding hydrogens is 306 g/mol. The fourth-order valence-electron chi connectivity index (χ4n) is 1.60. The van der Waals surface area contributed by atoms with Crippen LogP contribution in [-0.4, -0.2) is 43.6 Å². The van der Waals surface area contributed by atoms with Crippen molar-refractivity contribution in [2.75, 3.05) is 23.5 Å². The summed E-state index contributed by atoms with van der Waals surface area (Å²) in [5.74, 6) is -0.162. The molecule has 0 aromatic carbocycles. The molecule has 7 nitrogen and oxygen atoms in total. The molecule has 0 unspecified atom stereocenters. The van der Waals surface area contributed by atoms with Crippen molar-refractivity contribution in [3.8, 4) is 0 Å². The quantitative estimate of drug-likeness (QED) is 0.874. The Balaban J connectivity index is 3.01. The lowest BCUT2D eigenvalue weighted by atomic mass is 10.2. The molecule has 0 saturated heterocycles. The van der Waals surface area contributed by atoms with Gasteiger partial charge in [-0.3, -0.25) is 9.88 Å². The molecule has 0 saturated carbocycles. The lowest BCUT2D eigenvalue weighted by Crippen LogP contribution is -2.39. The molecule has 8 heteroatoms. The minimum Gasteiger partial charge on any atom is -0.443 e. The summed E-state index contributed by atoms with van der Waals surface area (Å²) in [4.78, 5) is 17.7. The Hall–Kier alpha value is -1.67. The minimum absolute atomic E-state index is 0.00258. The highest BCUT2D eigenvalue weighted by molar-refractivity contribution is 7.90. The zero-order valence-corrected chi connectivity index (χ0v) is 14.2. The Labute approximate surface area is 131 Å². The zero-order valence-electron chi connectivity index (χ0n) is 13.4. The summed E-state index contributed by atoms with van der Waals surface area (Å²) in [6.07, 6.45) is 1.99.